The highest BCUT2D eigenvalue weighted by molar-refractivity contribution is 14.1. The average molecular weight is 426 g/mol. The monoisotopic (exact) mass is 425 g/mol. The van der Waals surface area contributed by atoms with Crippen LogP contribution in [-0.4, -0.2) is 24.5 Å². The van der Waals surface area contributed by atoms with Crippen molar-refractivity contribution in [3.63, 3.8) is 0 Å². The van der Waals surface area contributed by atoms with Gasteiger partial charge in [-0.05, 0) is 70.6 Å². The molecular formula is C12H13BrINO3. The first-order chi connectivity index (χ1) is 8.27. The highest BCUT2D eigenvalue weighted by atomic mass is 127. The van der Waals surface area contributed by atoms with E-state index in [4.69, 9.17) is 0 Å². The van der Waals surface area contributed by atoms with Crippen molar-refractivity contribution >= 4 is 50.4 Å². The summed E-state index contributed by atoms with van der Waals surface area (Å²) >= 11 is 5.43. The van der Waals surface area contributed by atoms with Gasteiger partial charge in [-0.15, -0.1) is 0 Å². The fourth-order valence-corrected chi connectivity index (χ4v) is 2.25. The van der Waals surface area contributed by atoms with Gasteiger partial charge in [-0.2, -0.15) is 0 Å². The van der Waals surface area contributed by atoms with Crippen LogP contribution in [0.1, 0.15) is 24.2 Å². The molecule has 0 aromatic heterocycles. The summed E-state index contributed by atoms with van der Waals surface area (Å²) < 4.78 is 6.26. The third kappa shape index (κ3) is 3.68. The van der Waals surface area contributed by atoms with Crippen molar-refractivity contribution in [2.75, 3.05) is 7.11 Å². The van der Waals surface area contributed by atoms with Gasteiger partial charge in [-0.25, -0.2) is 4.79 Å². The van der Waals surface area contributed by atoms with Crippen molar-refractivity contribution in [2.45, 2.75) is 19.4 Å². The van der Waals surface area contributed by atoms with E-state index < -0.39 is 11.5 Å². The topological polar surface area (TPSA) is 55.4 Å². The zero-order chi connectivity index (χ0) is 13.9. The minimum absolute atomic E-state index is 0.323. The molecule has 1 N–H and O–H groups in total. The van der Waals surface area contributed by atoms with E-state index in [1.807, 2.05) is 6.07 Å². The smallest absolute Gasteiger partial charge is 0.330 e. The van der Waals surface area contributed by atoms with Crippen LogP contribution in [0.5, 0.6) is 0 Å². The van der Waals surface area contributed by atoms with E-state index in [1.54, 1.807) is 26.0 Å². The molecule has 1 aromatic rings. The summed E-state index contributed by atoms with van der Waals surface area (Å²) in [7, 11) is 1.29. The minimum Gasteiger partial charge on any atom is -0.467 e. The van der Waals surface area contributed by atoms with E-state index >= 15 is 0 Å². The maximum absolute atomic E-state index is 12.1. The summed E-state index contributed by atoms with van der Waals surface area (Å²) in [4.78, 5) is 23.6. The second kappa shape index (κ2) is 6.01. The summed E-state index contributed by atoms with van der Waals surface area (Å²) in [6, 6.07) is 5.42. The quantitative estimate of drug-likeness (QED) is 0.598. The van der Waals surface area contributed by atoms with Crippen molar-refractivity contribution in [1.29, 1.82) is 0 Å². The molecule has 1 rings (SSSR count). The first-order valence-electron chi connectivity index (χ1n) is 5.14. The number of carbonyl (C=O) groups is 2. The van der Waals surface area contributed by atoms with Crippen LogP contribution >= 0.6 is 38.5 Å². The molecule has 1 aromatic carbocycles. The van der Waals surface area contributed by atoms with Crippen LogP contribution in [0.25, 0.3) is 0 Å². The van der Waals surface area contributed by atoms with Crippen molar-refractivity contribution in [1.82, 2.24) is 5.32 Å². The fraction of sp³-hybridized carbons (Fsp3) is 0.333. The van der Waals surface area contributed by atoms with Crippen LogP contribution in [0.15, 0.2) is 22.7 Å². The Balaban J connectivity index is 2.95. The van der Waals surface area contributed by atoms with E-state index in [0.29, 0.717) is 10.0 Å². The van der Waals surface area contributed by atoms with Crippen molar-refractivity contribution in [3.8, 4) is 0 Å². The molecule has 98 valence electrons. The SMILES string of the molecule is COC(=O)C(C)(C)NC(=O)c1cc(I)ccc1Br. The molecule has 0 fully saturated rings. The van der Waals surface area contributed by atoms with Gasteiger partial charge >= 0.3 is 5.97 Å². The molecule has 0 atom stereocenters. The predicted octanol–water partition coefficient (Wildman–Crippen LogP) is 2.74. The molecule has 0 aliphatic rings. The summed E-state index contributed by atoms with van der Waals surface area (Å²) in [6.07, 6.45) is 0. The number of carbonyl (C=O) groups excluding carboxylic acids is 2. The Morgan fingerprint density at radius 2 is 2.00 bits per heavy atom. The number of benzene rings is 1. The van der Waals surface area contributed by atoms with Gasteiger partial charge in [0.2, 0.25) is 0 Å². The molecule has 6 heteroatoms. The van der Waals surface area contributed by atoms with Gasteiger partial charge in [-0.1, -0.05) is 0 Å². The summed E-state index contributed by atoms with van der Waals surface area (Å²) in [5.41, 5.74) is -0.578. The van der Waals surface area contributed by atoms with Crippen LogP contribution in [-0.2, 0) is 9.53 Å². The van der Waals surface area contributed by atoms with Crippen molar-refractivity contribution in [3.05, 3.63) is 31.8 Å². The Kier molecular flexibility index (Phi) is 5.15. The number of rotatable bonds is 3. The minimum atomic E-state index is -1.06. The number of hydrogen-bond acceptors (Lipinski definition) is 3. The molecule has 0 saturated carbocycles. The molecule has 0 bridgehead atoms. The van der Waals surface area contributed by atoms with E-state index in [2.05, 4.69) is 48.6 Å². The third-order valence-corrected chi connectivity index (χ3v) is 3.66. The van der Waals surface area contributed by atoms with Crippen LogP contribution in [0.3, 0.4) is 0 Å². The van der Waals surface area contributed by atoms with Crippen LogP contribution in [0.4, 0.5) is 0 Å². The van der Waals surface area contributed by atoms with Crippen molar-refractivity contribution in [2.24, 2.45) is 0 Å². The number of hydrogen-bond donors (Lipinski definition) is 1. The van der Waals surface area contributed by atoms with Gasteiger partial charge in [-0.3, -0.25) is 4.79 Å². The zero-order valence-corrected chi connectivity index (χ0v) is 14.0. The predicted molar refractivity (Wildman–Crippen MR) is 80.4 cm³/mol. The largest absolute Gasteiger partial charge is 0.467 e. The number of halogens is 2. The van der Waals surface area contributed by atoms with Crippen molar-refractivity contribution < 1.29 is 14.3 Å². The standard InChI is InChI=1S/C12H13BrINO3/c1-12(2,11(17)18-3)15-10(16)8-6-7(14)4-5-9(8)13/h4-6H,1-3H3,(H,15,16). The molecule has 0 heterocycles. The summed E-state index contributed by atoms with van der Waals surface area (Å²) in [5.74, 6) is -0.812. The molecule has 4 nitrogen and oxygen atoms in total. The van der Waals surface area contributed by atoms with Gasteiger partial charge < -0.3 is 10.1 Å². The molecule has 0 unspecified atom stereocenters. The Labute approximate surface area is 128 Å². The van der Waals surface area contributed by atoms with Gasteiger partial charge in [0.15, 0.2) is 0 Å². The van der Waals surface area contributed by atoms with Gasteiger partial charge in [0.1, 0.15) is 5.54 Å². The molecule has 0 saturated heterocycles. The number of ether oxygens (including phenoxy) is 1. The molecular weight excluding hydrogens is 413 g/mol. The summed E-state index contributed by atoms with van der Waals surface area (Å²) in [6.45, 7) is 3.19. The molecule has 0 aliphatic carbocycles. The van der Waals surface area contributed by atoms with E-state index in [9.17, 15) is 9.59 Å². The lowest BCUT2D eigenvalue weighted by Gasteiger charge is -2.23. The number of amides is 1. The first kappa shape index (κ1) is 15.4. The fourth-order valence-electron chi connectivity index (χ4n) is 1.33. The lowest BCUT2D eigenvalue weighted by molar-refractivity contribution is -0.146. The first-order valence-corrected chi connectivity index (χ1v) is 7.01. The number of nitrogens with one attached hydrogen (secondary N) is 1. The Morgan fingerprint density at radius 1 is 1.39 bits per heavy atom. The Morgan fingerprint density at radius 3 is 2.56 bits per heavy atom. The molecule has 0 radical (unpaired) electrons. The maximum Gasteiger partial charge on any atom is 0.330 e. The van der Waals surface area contributed by atoms with Gasteiger partial charge in [0.25, 0.3) is 5.91 Å². The van der Waals surface area contributed by atoms with Gasteiger partial charge in [0.05, 0.1) is 12.7 Å². The average Bonchev–Trinajstić information content (AvgIpc) is 2.30. The Hall–Kier alpha value is -0.630. The lowest BCUT2D eigenvalue weighted by Crippen LogP contribution is -2.50. The van der Waals surface area contributed by atoms with Crippen LogP contribution in [0, 0.1) is 3.57 Å². The Bertz CT molecular complexity index is 488. The highest BCUT2D eigenvalue weighted by Gasteiger charge is 2.31. The molecule has 1 amide bonds. The molecule has 0 spiro atoms. The molecule has 18 heavy (non-hydrogen) atoms. The summed E-state index contributed by atoms with van der Waals surface area (Å²) in [5, 5.41) is 2.64. The number of methoxy groups -OCH3 is 1. The van der Waals surface area contributed by atoms with E-state index in [1.165, 1.54) is 7.11 Å². The highest BCUT2D eigenvalue weighted by Crippen LogP contribution is 2.20. The maximum atomic E-state index is 12.1. The second-order valence-corrected chi connectivity index (χ2v) is 6.29. The molecule has 0 aliphatic heterocycles. The number of esters is 1. The van der Waals surface area contributed by atoms with Crippen LogP contribution < -0.4 is 5.32 Å². The van der Waals surface area contributed by atoms with Gasteiger partial charge in [0, 0.05) is 8.04 Å². The normalized spacial score (nSPS) is 10.9. The lowest BCUT2D eigenvalue weighted by atomic mass is 10.1. The third-order valence-electron chi connectivity index (χ3n) is 2.29. The van der Waals surface area contributed by atoms with E-state index in [0.717, 1.165) is 3.57 Å². The van der Waals surface area contributed by atoms with Crippen LogP contribution in [0.2, 0.25) is 0 Å². The van der Waals surface area contributed by atoms with E-state index in [-0.39, 0.29) is 5.91 Å². The second-order valence-electron chi connectivity index (χ2n) is 4.19. The zero-order valence-electron chi connectivity index (χ0n) is 10.2.